The zero-order valence-corrected chi connectivity index (χ0v) is 12.9. The smallest absolute Gasteiger partial charge is 0.0730 e. The first-order valence-corrected chi connectivity index (χ1v) is 7.27. The molecule has 0 radical (unpaired) electrons. The minimum atomic E-state index is 0.629. The molecule has 1 heterocycles. The van der Waals surface area contributed by atoms with Crippen LogP contribution in [0.4, 0.5) is 0 Å². The van der Waals surface area contributed by atoms with E-state index >= 15 is 0 Å². The molecular weight excluding hydrogens is 284 g/mol. The summed E-state index contributed by atoms with van der Waals surface area (Å²) in [4.78, 5) is 3.68. The van der Waals surface area contributed by atoms with Gasteiger partial charge in [-0.1, -0.05) is 6.92 Å². The van der Waals surface area contributed by atoms with Crippen LogP contribution in [0.25, 0.3) is 0 Å². The van der Waals surface area contributed by atoms with Gasteiger partial charge in [-0.3, -0.25) is 0 Å². The maximum Gasteiger partial charge on any atom is 0.0730 e. The second kappa shape index (κ2) is 6.74. The second-order valence-electron chi connectivity index (χ2n) is 4.33. The fraction of sp³-hybridized carbons (Fsp3) is 0.667. The molecule has 4 heteroatoms. The van der Waals surface area contributed by atoms with Crippen molar-refractivity contribution in [2.24, 2.45) is 0 Å². The Balaban J connectivity index is 2.35. The Hall–Kier alpha value is 0.1000. The number of likely N-dealkylation sites (N-methyl/N-ethyl adjacent to an activating group) is 1. The van der Waals surface area contributed by atoms with Gasteiger partial charge in [-0.2, -0.15) is 0 Å². The van der Waals surface area contributed by atoms with E-state index in [1.54, 1.807) is 0 Å². The summed E-state index contributed by atoms with van der Waals surface area (Å²) in [6, 6.07) is 2.88. The minimum absolute atomic E-state index is 0.629. The third-order valence-corrected chi connectivity index (χ3v) is 4.93. The van der Waals surface area contributed by atoms with Gasteiger partial charge in [-0.25, -0.2) is 0 Å². The molecule has 0 aromatic carbocycles. The van der Waals surface area contributed by atoms with Gasteiger partial charge in [0.2, 0.25) is 0 Å². The normalized spacial score (nSPS) is 13.4. The Labute approximate surface area is 111 Å². The standard InChI is InChI=1S/C12H21BrN2S/c1-5-10(15(3)4)7-14-8-11-6-9(2)12(13)16-11/h6,10,14H,5,7-8H2,1-4H3. The van der Waals surface area contributed by atoms with Crippen molar-refractivity contribution in [3.05, 3.63) is 20.3 Å². The van der Waals surface area contributed by atoms with Crippen molar-refractivity contribution in [1.29, 1.82) is 0 Å². The van der Waals surface area contributed by atoms with Crippen molar-refractivity contribution in [2.75, 3.05) is 20.6 Å². The van der Waals surface area contributed by atoms with E-state index in [0.717, 1.165) is 13.1 Å². The van der Waals surface area contributed by atoms with Crippen molar-refractivity contribution in [1.82, 2.24) is 10.2 Å². The molecule has 0 saturated heterocycles. The summed E-state index contributed by atoms with van der Waals surface area (Å²) in [7, 11) is 4.28. The summed E-state index contributed by atoms with van der Waals surface area (Å²) in [6.45, 7) is 6.40. The van der Waals surface area contributed by atoms with Crippen molar-refractivity contribution < 1.29 is 0 Å². The third kappa shape index (κ3) is 4.17. The molecule has 1 N–H and O–H groups in total. The van der Waals surface area contributed by atoms with Crippen LogP contribution in [0.2, 0.25) is 0 Å². The highest BCUT2D eigenvalue weighted by atomic mass is 79.9. The van der Waals surface area contributed by atoms with Gasteiger partial charge in [-0.15, -0.1) is 11.3 Å². The summed E-state index contributed by atoms with van der Waals surface area (Å²) in [5.41, 5.74) is 1.33. The van der Waals surface area contributed by atoms with Gasteiger partial charge in [0, 0.05) is 24.0 Å². The molecule has 0 saturated carbocycles. The van der Waals surface area contributed by atoms with Gasteiger partial charge in [0.25, 0.3) is 0 Å². The van der Waals surface area contributed by atoms with Gasteiger partial charge in [0.1, 0.15) is 0 Å². The van der Waals surface area contributed by atoms with E-state index in [1.807, 2.05) is 11.3 Å². The van der Waals surface area contributed by atoms with Gasteiger partial charge >= 0.3 is 0 Å². The van der Waals surface area contributed by atoms with Crippen LogP contribution in [0.5, 0.6) is 0 Å². The lowest BCUT2D eigenvalue weighted by molar-refractivity contribution is 0.276. The zero-order chi connectivity index (χ0) is 12.1. The van der Waals surface area contributed by atoms with E-state index in [9.17, 15) is 0 Å². The highest BCUT2D eigenvalue weighted by Gasteiger charge is 2.08. The van der Waals surface area contributed by atoms with Crippen molar-refractivity contribution in [2.45, 2.75) is 32.9 Å². The molecule has 0 bridgehead atoms. The van der Waals surface area contributed by atoms with Gasteiger partial charge in [0.15, 0.2) is 0 Å². The van der Waals surface area contributed by atoms with Crippen LogP contribution >= 0.6 is 27.3 Å². The number of hydrogen-bond donors (Lipinski definition) is 1. The van der Waals surface area contributed by atoms with Gasteiger partial charge in [0.05, 0.1) is 3.79 Å². The molecule has 92 valence electrons. The molecule has 0 fully saturated rings. The first-order chi connectivity index (χ1) is 7.54. The molecule has 16 heavy (non-hydrogen) atoms. The molecule has 1 rings (SSSR count). The number of thiophene rings is 1. The summed E-state index contributed by atoms with van der Waals surface area (Å²) in [5, 5.41) is 3.52. The Morgan fingerprint density at radius 2 is 2.19 bits per heavy atom. The van der Waals surface area contributed by atoms with Crippen LogP contribution in [-0.2, 0) is 6.54 Å². The van der Waals surface area contributed by atoms with Crippen LogP contribution in [0.3, 0.4) is 0 Å². The molecule has 1 atom stereocenters. The monoisotopic (exact) mass is 304 g/mol. The zero-order valence-electron chi connectivity index (χ0n) is 10.5. The Kier molecular flexibility index (Phi) is 5.97. The van der Waals surface area contributed by atoms with Crippen LogP contribution in [0.1, 0.15) is 23.8 Å². The lowest BCUT2D eigenvalue weighted by Crippen LogP contribution is -2.36. The molecule has 0 spiro atoms. The molecular formula is C12H21BrN2S. The summed E-state index contributed by atoms with van der Waals surface area (Å²) in [6.07, 6.45) is 1.19. The Morgan fingerprint density at radius 3 is 2.62 bits per heavy atom. The highest BCUT2D eigenvalue weighted by molar-refractivity contribution is 9.11. The molecule has 0 aliphatic heterocycles. The van der Waals surface area contributed by atoms with E-state index in [4.69, 9.17) is 0 Å². The van der Waals surface area contributed by atoms with Crippen LogP contribution in [0.15, 0.2) is 9.85 Å². The number of aryl methyl sites for hydroxylation is 1. The second-order valence-corrected chi connectivity index (χ2v) is 6.78. The average molecular weight is 305 g/mol. The number of nitrogens with one attached hydrogen (secondary N) is 1. The molecule has 0 aliphatic rings. The van der Waals surface area contributed by atoms with E-state index in [0.29, 0.717) is 6.04 Å². The average Bonchev–Trinajstić information content (AvgIpc) is 2.53. The predicted molar refractivity (Wildman–Crippen MR) is 76.2 cm³/mol. The molecule has 0 amide bonds. The summed E-state index contributed by atoms with van der Waals surface area (Å²) in [5.74, 6) is 0. The fourth-order valence-corrected chi connectivity index (χ4v) is 3.26. The lowest BCUT2D eigenvalue weighted by Gasteiger charge is -2.22. The molecule has 1 aromatic rings. The maximum atomic E-state index is 3.56. The van der Waals surface area contributed by atoms with Crippen LogP contribution in [0, 0.1) is 6.92 Å². The Morgan fingerprint density at radius 1 is 1.50 bits per heavy atom. The van der Waals surface area contributed by atoms with E-state index in [2.05, 4.69) is 60.2 Å². The topological polar surface area (TPSA) is 15.3 Å². The third-order valence-electron chi connectivity index (χ3n) is 2.79. The predicted octanol–water partition coefficient (Wildman–Crippen LogP) is 3.25. The lowest BCUT2D eigenvalue weighted by atomic mass is 10.2. The highest BCUT2D eigenvalue weighted by Crippen LogP contribution is 2.27. The first kappa shape index (κ1) is 14.2. The SMILES string of the molecule is CCC(CNCc1cc(C)c(Br)s1)N(C)C. The minimum Gasteiger partial charge on any atom is -0.310 e. The van der Waals surface area contributed by atoms with E-state index in [-0.39, 0.29) is 0 Å². The number of nitrogens with zero attached hydrogens (tertiary/aromatic N) is 1. The Bertz CT molecular complexity index is 303. The fourth-order valence-electron chi connectivity index (χ4n) is 1.66. The van der Waals surface area contributed by atoms with E-state index in [1.165, 1.54) is 20.6 Å². The van der Waals surface area contributed by atoms with Crippen LogP contribution in [-0.4, -0.2) is 31.6 Å². The number of halogens is 1. The number of rotatable bonds is 6. The summed E-state index contributed by atoms with van der Waals surface area (Å²) >= 11 is 5.38. The quantitative estimate of drug-likeness (QED) is 0.868. The molecule has 1 aromatic heterocycles. The maximum absolute atomic E-state index is 3.56. The van der Waals surface area contributed by atoms with Crippen molar-refractivity contribution in [3.8, 4) is 0 Å². The van der Waals surface area contributed by atoms with Crippen molar-refractivity contribution in [3.63, 3.8) is 0 Å². The first-order valence-electron chi connectivity index (χ1n) is 5.66. The van der Waals surface area contributed by atoms with Gasteiger partial charge in [-0.05, 0) is 55.0 Å². The van der Waals surface area contributed by atoms with Gasteiger partial charge < -0.3 is 10.2 Å². The molecule has 0 aliphatic carbocycles. The van der Waals surface area contributed by atoms with E-state index < -0.39 is 0 Å². The summed E-state index contributed by atoms with van der Waals surface area (Å²) < 4.78 is 1.25. The van der Waals surface area contributed by atoms with Crippen LogP contribution < -0.4 is 5.32 Å². The molecule has 2 nitrogen and oxygen atoms in total. The van der Waals surface area contributed by atoms with Crippen molar-refractivity contribution >= 4 is 27.3 Å². The molecule has 1 unspecified atom stereocenters. The largest absolute Gasteiger partial charge is 0.310 e. The number of hydrogen-bond acceptors (Lipinski definition) is 3.